The highest BCUT2D eigenvalue weighted by molar-refractivity contribution is 7.91. The number of nitrogens with two attached hydrogens (primary N) is 1. The number of nitrogens with zero attached hydrogens (tertiary/aromatic N) is 1. The lowest BCUT2D eigenvalue weighted by Crippen LogP contribution is -2.46. The summed E-state index contributed by atoms with van der Waals surface area (Å²) >= 11 is 0. The highest BCUT2D eigenvalue weighted by atomic mass is 32.2. The summed E-state index contributed by atoms with van der Waals surface area (Å²) in [5, 5.41) is 0. The highest BCUT2D eigenvalue weighted by Crippen LogP contribution is 2.25. The second-order valence-electron chi connectivity index (χ2n) is 6.31. The summed E-state index contributed by atoms with van der Waals surface area (Å²) in [6.07, 6.45) is 1.33. The van der Waals surface area contributed by atoms with E-state index >= 15 is 0 Å². The summed E-state index contributed by atoms with van der Waals surface area (Å²) in [5.41, 5.74) is 7.18. The first kappa shape index (κ1) is 17.9. The van der Waals surface area contributed by atoms with Crippen LogP contribution in [0, 0.1) is 5.92 Å². The molecule has 1 amide bonds. The number of benzene rings is 1. The number of hydrogen-bond acceptors (Lipinski definition) is 4. The predicted molar refractivity (Wildman–Crippen MR) is 91.6 cm³/mol. The molecule has 3 atom stereocenters. The summed E-state index contributed by atoms with van der Waals surface area (Å²) in [5.74, 6) is -0.186. The van der Waals surface area contributed by atoms with Gasteiger partial charge in [-0.3, -0.25) is 4.79 Å². The maximum absolute atomic E-state index is 12.9. The number of carbonyl (C=O) groups is 1. The Balaban J connectivity index is 2.14. The fraction of sp³-hybridized carbons (Fsp3) is 0.588. The average Bonchev–Trinajstić information content (AvgIpc) is 2.91. The molecule has 1 aromatic rings. The fourth-order valence-electron chi connectivity index (χ4n) is 3.11. The maximum Gasteiger partial charge on any atom is 0.227 e. The summed E-state index contributed by atoms with van der Waals surface area (Å²) < 4.78 is 23.5. The maximum atomic E-state index is 12.9. The van der Waals surface area contributed by atoms with Crippen LogP contribution in [0.25, 0.3) is 0 Å². The molecule has 6 heteroatoms. The van der Waals surface area contributed by atoms with E-state index in [-0.39, 0.29) is 35.4 Å². The SMILES string of the molecule is CCCN(C(=O)C(C)C(N)c1ccccc1)C1CCS(=O)(=O)C1. The smallest absolute Gasteiger partial charge is 0.227 e. The number of carbonyl (C=O) groups excluding carboxylic acids is 1. The van der Waals surface area contributed by atoms with Crippen molar-refractivity contribution < 1.29 is 13.2 Å². The van der Waals surface area contributed by atoms with Crippen molar-refractivity contribution in [2.45, 2.75) is 38.8 Å². The molecule has 5 nitrogen and oxygen atoms in total. The minimum absolute atomic E-state index is 0.0506. The lowest BCUT2D eigenvalue weighted by Gasteiger charge is -2.32. The molecule has 1 saturated heterocycles. The molecule has 0 bridgehead atoms. The van der Waals surface area contributed by atoms with E-state index in [0.29, 0.717) is 13.0 Å². The zero-order valence-electron chi connectivity index (χ0n) is 13.8. The van der Waals surface area contributed by atoms with Crippen LogP contribution in [0.15, 0.2) is 30.3 Å². The Hall–Kier alpha value is -1.40. The minimum atomic E-state index is -3.02. The van der Waals surface area contributed by atoms with Gasteiger partial charge in [-0.1, -0.05) is 44.2 Å². The second kappa shape index (κ2) is 7.45. The van der Waals surface area contributed by atoms with Gasteiger partial charge in [-0.05, 0) is 18.4 Å². The number of hydrogen-bond donors (Lipinski definition) is 1. The van der Waals surface area contributed by atoms with Crippen LogP contribution in [-0.2, 0) is 14.6 Å². The van der Waals surface area contributed by atoms with E-state index in [1.54, 1.807) is 4.90 Å². The number of rotatable bonds is 6. The lowest BCUT2D eigenvalue weighted by atomic mass is 9.93. The van der Waals surface area contributed by atoms with Crippen LogP contribution in [0.5, 0.6) is 0 Å². The summed E-state index contributed by atoms with van der Waals surface area (Å²) in [6, 6.07) is 8.95. The molecule has 2 rings (SSSR count). The molecule has 1 fully saturated rings. The Kier molecular flexibility index (Phi) is 5.81. The molecule has 23 heavy (non-hydrogen) atoms. The summed E-state index contributed by atoms with van der Waals surface area (Å²) in [4.78, 5) is 14.6. The largest absolute Gasteiger partial charge is 0.338 e. The molecule has 0 radical (unpaired) electrons. The van der Waals surface area contributed by atoms with E-state index in [1.165, 1.54) is 0 Å². The van der Waals surface area contributed by atoms with E-state index < -0.39 is 9.84 Å². The minimum Gasteiger partial charge on any atom is -0.338 e. The third-order valence-electron chi connectivity index (χ3n) is 4.51. The Morgan fingerprint density at radius 1 is 1.35 bits per heavy atom. The normalized spacial score (nSPS) is 22.5. The molecule has 0 spiro atoms. The van der Waals surface area contributed by atoms with Crippen LogP contribution < -0.4 is 5.73 Å². The molecule has 1 aliphatic rings. The summed E-state index contributed by atoms with van der Waals surface area (Å²) in [6.45, 7) is 4.39. The van der Waals surface area contributed by atoms with E-state index in [1.807, 2.05) is 44.2 Å². The first-order valence-corrected chi connectivity index (χ1v) is 9.99. The quantitative estimate of drug-likeness (QED) is 0.857. The zero-order chi connectivity index (χ0) is 17.0. The van der Waals surface area contributed by atoms with Gasteiger partial charge in [0, 0.05) is 18.6 Å². The Morgan fingerprint density at radius 3 is 2.52 bits per heavy atom. The molecule has 1 heterocycles. The fourth-order valence-corrected chi connectivity index (χ4v) is 4.84. The van der Waals surface area contributed by atoms with Crippen LogP contribution in [0.4, 0.5) is 0 Å². The summed E-state index contributed by atoms with van der Waals surface area (Å²) in [7, 11) is -3.02. The van der Waals surface area contributed by atoms with Gasteiger partial charge in [0.15, 0.2) is 9.84 Å². The zero-order valence-corrected chi connectivity index (χ0v) is 14.6. The van der Waals surface area contributed by atoms with E-state index in [2.05, 4.69) is 0 Å². The lowest BCUT2D eigenvalue weighted by molar-refractivity contribution is -0.137. The van der Waals surface area contributed by atoms with Gasteiger partial charge < -0.3 is 10.6 Å². The molecule has 0 aromatic heterocycles. The van der Waals surface area contributed by atoms with Gasteiger partial charge in [-0.15, -0.1) is 0 Å². The van der Waals surface area contributed by atoms with Gasteiger partial charge in [-0.25, -0.2) is 8.42 Å². The molecule has 0 aliphatic carbocycles. The molecule has 0 saturated carbocycles. The van der Waals surface area contributed by atoms with Gasteiger partial charge in [-0.2, -0.15) is 0 Å². The molecule has 3 unspecified atom stereocenters. The molecular weight excluding hydrogens is 312 g/mol. The van der Waals surface area contributed by atoms with Gasteiger partial charge in [0.05, 0.1) is 17.4 Å². The van der Waals surface area contributed by atoms with E-state index in [0.717, 1.165) is 12.0 Å². The van der Waals surface area contributed by atoms with Crippen molar-refractivity contribution in [3.63, 3.8) is 0 Å². The molecule has 2 N–H and O–H groups in total. The number of amides is 1. The highest BCUT2D eigenvalue weighted by Gasteiger charge is 2.36. The molecule has 1 aliphatic heterocycles. The third-order valence-corrected chi connectivity index (χ3v) is 6.26. The molecular formula is C17H26N2O3S. The standard InChI is InChI=1S/C17H26N2O3S/c1-3-10-19(15-9-11-23(21,22)12-15)17(20)13(2)16(18)14-7-5-4-6-8-14/h4-8,13,15-16H,3,9-12,18H2,1-2H3. The second-order valence-corrected chi connectivity index (χ2v) is 8.54. The Bertz CT molecular complexity index is 630. The van der Waals surface area contributed by atoms with Crippen molar-refractivity contribution in [1.82, 2.24) is 4.90 Å². The van der Waals surface area contributed by atoms with E-state index in [9.17, 15) is 13.2 Å². The van der Waals surface area contributed by atoms with Crippen LogP contribution in [0.1, 0.15) is 38.3 Å². The van der Waals surface area contributed by atoms with Crippen molar-refractivity contribution in [2.75, 3.05) is 18.1 Å². The number of sulfone groups is 1. The van der Waals surface area contributed by atoms with Gasteiger partial charge in [0.1, 0.15) is 0 Å². The van der Waals surface area contributed by atoms with Crippen LogP contribution in [-0.4, -0.2) is 43.3 Å². The topological polar surface area (TPSA) is 80.5 Å². The molecule has 128 valence electrons. The van der Waals surface area contributed by atoms with Crippen molar-refractivity contribution in [2.24, 2.45) is 11.7 Å². The van der Waals surface area contributed by atoms with Crippen molar-refractivity contribution in [3.8, 4) is 0 Å². The van der Waals surface area contributed by atoms with Gasteiger partial charge in [0.25, 0.3) is 0 Å². The Labute approximate surface area is 138 Å². The van der Waals surface area contributed by atoms with E-state index in [4.69, 9.17) is 5.73 Å². The monoisotopic (exact) mass is 338 g/mol. The van der Waals surface area contributed by atoms with Crippen molar-refractivity contribution >= 4 is 15.7 Å². The van der Waals surface area contributed by atoms with Crippen LogP contribution in [0.3, 0.4) is 0 Å². The first-order valence-electron chi connectivity index (χ1n) is 8.17. The van der Waals surface area contributed by atoms with Gasteiger partial charge in [0.2, 0.25) is 5.91 Å². The first-order chi connectivity index (χ1) is 10.9. The van der Waals surface area contributed by atoms with Crippen molar-refractivity contribution in [3.05, 3.63) is 35.9 Å². The molecule has 1 aromatic carbocycles. The van der Waals surface area contributed by atoms with Crippen LogP contribution in [0.2, 0.25) is 0 Å². The van der Waals surface area contributed by atoms with Crippen LogP contribution >= 0.6 is 0 Å². The Morgan fingerprint density at radius 2 is 2.00 bits per heavy atom. The van der Waals surface area contributed by atoms with Crippen molar-refractivity contribution in [1.29, 1.82) is 0 Å². The van der Waals surface area contributed by atoms with Gasteiger partial charge >= 0.3 is 0 Å². The predicted octanol–water partition coefficient (Wildman–Crippen LogP) is 1.75. The third kappa shape index (κ3) is 4.32. The average molecular weight is 338 g/mol.